The van der Waals surface area contributed by atoms with Crippen molar-refractivity contribution in [3.8, 4) is 5.75 Å². The Morgan fingerprint density at radius 2 is 1.92 bits per heavy atom. The van der Waals surface area contributed by atoms with E-state index in [0.29, 0.717) is 0 Å². The van der Waals surface area contributed by atoms with Gasteiger partial charge in [-0.25, -0.2) is 4.39 Å². The van der Waals surface area contributed by atoms with Gasteiger partial charge in [-0.3, -0.25) is 14.9 Å². The van der Waals surface area contributed by atoms with Crippen LogP contribution in [0.15, 0.2) is 36.4 Å². The van der Waals surface area contributed by atoms with Crippen LogP contribution in [-0.4, -0.2) is 16.9 Å². The van der Waals surface area contributed by atoms with E-state index in [1.54, 1.807) is 0 Å². The van der Waals surface area contributed by atoms with Crippen molar-refractivity contribution in [1.29, 1.82) is 0 Å². The van der Waals surface area contributed by atoms with Crippen molar-refractivity contribution in [1.82, 2.24) is 0 Å². The van der Waals surface area contributed by atoms with Gasteiger partial charge >= 0.3 is 5.69 Å². The number of carbonyl (C=O) groups is 1. The molecule has 6 nitrogen and oxygen atoms in total. The number of nitro groups is 1. The van der Waals surface area contributed by atoms with Gasteiger partial charge in [-0.05, 0) is 31.2 Å². The molecule has 0 saturated heterocycles. The predicted octanol–water partition coefficient (Wildman–Crippen LogP) is 3.93. The highest BCUT2D eigenvalue weighted by Crippen LogP contribution is 2.23. The molecule has 0 bridgehead atoms. The molecule has 2 rings (SSSR count). The minimum absolute atomic E-state index is 0.0423. The molecule has 1 atom stereocenters. The van der Waals surface area contributed by atoms with Crippen LogP contribution in [0.3, 0.4) is 0 Å². The lowest BCUT2D eigenvalue weighted by molar-refractivity contribution is -0.387. The van der Waals surface area contributed by atoms with Gasteiger partial charge in [0.25, 0.3) is 5.91 Å². The van der Waals surface area contributed by atoms with Crippen LogP contribution in [0.4, 0.5) is 20.2 Å². The number of ether oxygens (including phenoxy) is 1. The first-order chi connectivity index (χ1) is 11.3. The summed E-state index contributed by atoms with van der Waals surface area (Å²) in [7, 11) is 0. The summed E-state index contributed by atoms with van der Waals surface area (Å²) in [6, 6.07) is 6.55. The SMILES string of the molecule is C[C@H](Oc1ccc(F)c(Cl)c1)C(=O)Nc1ccc(F)c([N+](=O)[O-])c1. The average molecular weight is 357 g/mol. The molecular weight excluding hydrogens is 346 g/mol. The van der Waals surface area contributed by atoms with E-state index < -0.39 is 34.3 Å². The van der Waals surface area contributed by atoms with Crippen molar-refractivity contribution >= 4 is 28.9 Å². The number of anilines is 1. The molecule has 0 unspecified atom stereocenters. The second-order valence-corrected chi connectivity index (χ2v) is 5.16. The summed E-state index contributed by atoms with van der Waals surface area (Å²) in [5, 5.41) is 12.9. The molecule has 0 fully saturated rings. The third-order valence-electron chi connectivity index (χ3n) is 2.98. The maximum atomic E-state index is 13.3. The maximum Gasteiger partial charge on any atom is 0.306 e. The Kier molecular flexibility index (Phi) is 5.30. The molecular formula is C15H11ClF2N2O4. The standard InChI is InChI=1S/C15H11ClF2N2O4/c1-8(24-10-3-5-12(17)11(16)7-10)15(21)19-9-2-4-13(18)14(6-9)20(22)23/h2-8H,1H3,(H,19,21)/t8-/m0/s1. The van der Waals surface area contributed by atoms with Crippen LogP contribution >= 0.6 is 11.6 Å². The van der Waals surface area contributed by atoms with Gasteiger partial charge in [0.15, 0.2) is 6.10 Å². The fourth-order valence-electron chi connectivity index (χ4n) is 1.78. The van der Waals surface area contributed by atoms with E-state index >= 15 is 0 Å². The molecule has 0 radical (unpaired) electrons. The van der Waals surface area contributed by atoms with Crippen LogP contribution in [0, 0.1) is 21.7 Å². The minimum atomic E-state index is -1.01. The highest BCUT2D eigenvalue weighted by Gasteiger charge is 2.19. The molecule has 24 heavy (non-hydrogen) atoms. The lowest BCUT2D eigenvalue weighted by Crippen LogP contribution is -2.30. The molecule has 0 spiro atoms. The van der Waals surface area contributed by atoms with E-state index in [2.05, 4.69) is 5.32 Å². The van der Waals surface area contributed by atoms with Crippen LogP contribution in [-0.2, 0) is 4.79 Å². The number of benzene rings is 2. The van der Waals surface area contributed by atoms with Crippen molar-refractivity contribution in [2.75, 3.05) is 5.32 Å². The fourth-order valence-corrected chi connectivity index (χ4v) is 1.95. The molecule has 0 aliphatic carbocycles. The number of hydrogen-bond acceptors (Lipinski definition) is 4. The molecule has 0 heterocycles. The normalized spacial score (nSPS) is 11.7. The van der Waals surface area contributed by atoms with Crippen LogP contribution in [0.5, 0.6) is 5.75 Å². The fraction of sp³-hybridized carbons (Fsp3) is 0.133. The van der Waals surface area contributed by atoms with E-state index in [0.717, 1.165) is 18.2 Å². The number of halogens is 3. The Morgan fingerprint density at radius 1 is 1.25 bits per heavy atom. The summed E-state index contributed by atoms with van der Waals surface area (Å²) in [5.74, 6) is -2.09. The highest BCUT2D eigenvalue weighted by atomic mass is 35.5. The van der Waals surface area contributed by atoms with E-state index in [1.165, 1.54) is 25.1 Å². The minimum Gasteiger partial charge on any atom is -0.481 e. The number of nitro benzene ring substituents is 1. The van der Waals surface area contributed by atoms with Gasteiger partial charge in [0.2, 0.25) is 5.82 Å². The number of rotatable bonds is 5. The van der Waals surface area contributed by atoms with Crippen molar-refractivity contribution < 1.29 is 23.2 Å². The van der Waals surface area contributed by atoms with E-state index in [9.17, 15) is 23.7 Å². The Balaban J connectivity index is 2.07. The van der Waals surface area contributed by atoms with Crippen molar-refractivity contribution in [2.45, 2.75) is 13.0 Å². The molecule has 2 aromatic rings. The maximum absolute atomic E-state index is 13.3. The van der Waals surface area contributed by atoms with Crippen molar-refractivity contribution in [3.05, 3.63) is 63.2 Å². The summed E-state index contributed by atoms with van der Waals surface area (Å²) in [4.78, 5) is 21.8. The average Bonchev–Trinajstić information content (AvgIpc) is 2.52. The summed E-state index contributed by atoms with van der Waals surface area (Å²) in [6.07, 6.45) is -1.00. The Morgan fingerprint density at radius 3 is 2.54 bits per heavy atom. The molecule has 9 heteroatoms. The van der Waals surface area contributed by atoms with Gasteiger partial charge in [-0.1, -0.05) is 11.6 Å². The van der Waals surface area contributed by atoms with E-state index in [4.69, 9.17) is 16.3 Å². The van der Waals surface area contributed by atoms with Gasteiger partial charge < -0.3 is 10.1 Å². The smallest absolute Gasteiger partial charge is 0.306 e. The van der Waals surface area contributed by atoms with Gasteiger partial charge in [0.1, 0.15) is 11.6 Å². The molecule has 126 valence electrons. The number of carbonyl (C=O) groups excluding carboxylic acids is 1. The quantitative estimate of drug-likeness (QED) is 0.650. The van der Waals surface area contributed by atoms with Crippen LogP contribution < -0.4 is 10.1 Å². The highest BCUT2D eigenvalue weighted by molar-refractivity contribution is 6.30. The first-order valence-corrected chi connectivity index (χ1v) is 7.02. The summed E-state index contributed by atoms with van der Waals surface area (Å²) < 4.78 is 31.6. The monoisotopic (exact) mass is 356 g/mol. The second kappa shape index (κ2) is 7.22. The first-order valence-electron chi connectivity index (χ1n) is 6.64. The second-order valence-electron chi connectivity index (χ2n) is 4.75. The Hall–Kier alpha value is -2.74. The molecule has 0 saturated carbocycles. The number of nitrogens with one attached hydrogen (secondary N) is 1. The largest absolute Gasteiger partial charge is 0.481 e. The number of amides is 1. The molecule has 0 aliphatic rings. The van der Waals surface area contributed by atoms with Gasteiger partial charge in [0.05, 0.1) is 9.95 Å². The summed E-state index contributed by atoms with van der Waals surface area (Å²) in [5.41, 5.74) is -0.715. The number of hydrogen-bond donors (Lipinski definition) is 1. The van der Waals surface area contributed by atoms with Crippen LogP contribution in [0.25, 0.3) is 0 Å². The molecule has 2 aromatic carbocycles. The molecule has 1 amide bonds. The topological polar surface area (TPSA) is 81.5 Å². The Bertz CT molecular complexity index is 801. The predicted molar refractivity (Wildman–Crippen MR) is 83.2 cm³/mol. The zero-order valence-corrected chi connectivity index (χ0v) is 13.0. The lowest BCUT2D eigenvalue weighted by Gasteiger charge is -2.15. The molecule has 0 aromatic heterocycles. The summed E-state index contributed by atoms with van der Waals surface area (Å²) in [6.45, 7) is 1.42. The van der Waals surface area contributed by atoms with Crippen molar-refractivity contribution in [2.24, 2.45) is 0 Å². The van der Waals surface area contributed by atoms with Crippen molar-refractivity contribution in [3.63, 3.8) is 0 Å². The van der Waals surface area contributed by atoms with E-state index in [-0.39, 0.29) is 16.5 Å². The Labute approximate surface area is 140 Å². The first kappa shape index (κ1) is 17.6. The van der Waals surface area contributed by atoms with Crippen LogP contribution in [0.1, 0.15) is 6.92 Å². The van der Waals surface area contributed by atoms with Gasteiger partial charge in [0, 0.05) is 17.8 Å². The zero-order chi connectivity index (χ0) is 17.9. The zero-order valence-electron chi connectivity index (χ0n) is 12.3. The lowest BCUT2D eigenvalue weighted by atomic mass is 10.2. The van der Waals surface area contributed by atoms with E-state index in [1.807, 2.05) is 0 Å². The van der Waals surface area contributed by atoms with Gasteiger partial charge in [-0.2, -0.15) is 4.39 Å². The molecule has 1 N–H and O–H groups in total. The van der Waals surface area contributed by atoms with Crippen LogP contribution in [0.2, 0.25) is 5.02 Å². The number of nitrogens with zero attached hydrogens (tertiary/aromatic N) is 1. The summed E-state index contributed by atoms with van der Waals surface area (Å²) >= 11 is 5.61. The third kappa shape index (κ3) is 4.17. The molecule has 0 aliphatic heterocycles. The third-order valence-corrected chi connectivity index (χ3v) is 3.27. The van der Waals surface area contributed by atoms with Gasteiger partial charge in [-0.15, -0.1) is 0 Å².